The molecule has 0 aliphatic carbocycles. The van der Waals surface area contributed by atoms with Crippen LogP contribution < -0.4 is 20.3 Å². The van der Waals surface area contributed by atoms with E-state index in [1.54, 1.807) is 7.11 Å². The summed E-state index contributed by atoms with van der Waals surface area (Å²) in [5.41, 5.74) is 3.69. The van der Waals surface area contributed by atoms with Crippen LogP contribution in [0.25, 0.3) is 16.9 Å². The molecule has 2 aromatic carbocycles. The maximum absolute atomic E-state index is 9.25. The fourth-order valence-corrected chi connectivity index (χ4v) is 5.11. The molecule has 12 nitrogen and oxygen atoms in total. The Morgan fingerprint density at radius 2 is 1.67 bits per heavy atom. The summed E-state index contributed by atoms with van der Waals surface area (Å²) in [6.07, 6.45) is 1.53. The first-order chi connectivity index (χ1) is 20.5. The minimum atomic E-state index is 0.175. The maximum Gasteiger partial charge on any atom is 0.214 e. The Hall–Kier alpha value is -4.81. The largest absolute Gasteiger partial charge is 0.497 e. The maximum atomic E-state index is 9.25. The first kappa shape index (κ1) is 27.4. The van der Waals surface area contributed by atoms with E-state index >= 15 is 0 Å². The molecule has 12 heteroatoms. The molecular formula is C30H34N10O2. The fraction of sp³-hybridized carbons (Fsp3) is 0.300. The fourth-order valence-electron chi connectivity index (χ4n) is 5.11. The van der Waals surface area contributed by atoms with Crippen LogP contribution in [0.5, 0.6) is 5.75 Å². The molecule has 3 N–H and O–H groups in total. The quantitative estimate of drug-likeness (QED) is 0.241. The average Bonchev–Trinajstić information content (AvgIpc) is 3.36. The number of methoxy groups -OCH3 is 1. The predicted octanol–water partition coefficient (Wildman–Crippen LogP) is 3.83. The van der Waals surface area contributed by atoms with Gasteiger partial charge in [-0.1, -0.05) is 18.2 Å². The summed E-state index contributed by atoms with van der Waals surface area (Å²) < 4.78 is 7.42. The molecule has 0 radical (unpaired) electrons. The normalized spacial score (nSPS) is 13.9. The smallest absolute Gasteiger partial charge is 0.214 e. The van der Waals surface area contributed by atoms with Gasteiger partial charge in [-0.2, -0.15) is 0 Å². The molecule has 1 aliphatic rings. The van der Waals surface area contributed by atoms with E-state index in [2.05, 4.69) is 40.4 Å². The minimum absolute atomic E-state index is 0.175. The van der Waals surface area contributed by atoms with Crippen LogP contribution in [0, 0.1) is 13.8 Å². The standard InChI is InChI=1S/C30H34N10O2/c1-20-8-9-22(42-3)16-24(20)36-30-35-23-6-4-5-7-25(23)40(30)28-17-26(31-19-32-28)37-27-18-29(34-21(2)33-27)39-12-10-38(11-13-39)14-15-41/h4-9,16-19,41H,10-15H2,1-3H3,(H,35,36)(H,31,32,33,34,37). The highest BCUT2D eigenvalue weighted by Gasteiger charge is 2.19. The summed E-state index contributed by atoms with van der Waals surface area (Å²) >= 11 is 0. The van der Waals surface area contributed by atoms with Gasteiger partial charge in [-0.3, -0.25) is 9.47 Å². The highest BCUT2D eigenvalue weighted by molar-refractivity contribution is 5.82. The summed E-state index contributed by atoms with van der Waals surface area (Å²) in [7, 11) is 1.65. The molecule has 1 saturated heterocycles. The van der Waals surface area contributed by atoms with Gasteiger partial charge in [0.15, 0.2) is 0 Å². The van der Waals surface area contributed by atoms with E-state index in [9.17, 15) is 5.11 Å². The van der Waals surface area contributed by atoms with Crippen LogP contribution in [0.2, 0.25) is 0 Å². The minimum Gasteiger partial charge on any atom is -0.497 e. The average molecular weight is 567 g/mol. The number of anilines is 5. The first-order valence-corrected chi connectivity index (χ1v) is 13.9. The van der Waals surface area contributed by atoms with Gasteiger partial charge in [0, 0.05) is 56.6 Å². The number of aryl methyl sites for hydroxylation is 2. The summed E-state index contributed by atoms with van der Waals surface area (Å²) in [5.74, 6) is 4.81. The Morgan fingerprint density at radius 3 is 2.48 bits per heavy atom. The van der Waals surface area contributed by atoms with Gasteiger partial charge in [-0.15, -0.1) is 0 Å². The van der Waals surface area contributed by atoms with Crippen molar-refractivity contribution < 1.29 is 9.84 Å². The SMILES string of the molecule is COc1ccc(C)c(Nc2nc3ccccc3n2-c2cc(Nc3cc(N4CCN(CCO)CC4)nc(C)n3)ncn2)c1. The van der Waals surface area contributed by atoms with Gasteiger partial charge in [0.1, 0.15) is 41.2 Å². The van der Waals surface area contributed by atoms with E-state index in [1.807, 2.05) is 73.0 Å². The van der Waals surface area contributed by atoms with Crippen LogP contribution in [-0.4, -0.2) is 85.9 Å². The van der Waals surface area contributed by atoms with Gasteiger partial charge >= 0.3 is 0 Å². The molecule has 4 heterocycles. The molecule has 0 amide bonds. The molecule has 3 aromatic heterocycles. The third-order valence-corrected chi connectivity index (χ3v) is 7.33. The van der Waals surface area contributed by atoms with E-state index in [0.717, 1.165) is 60.0 Å². The summed E-state index contributed by atoms with van der Waals surface area (Å²) in [6, 6.07) is 17.7. The van der Waals surface area contributed by atoms with Crippen molar-refractivity contribution in [3.8, 4) is 11.6 Å². The molecule has 1 fully saturated rings. The zero-order chi connectivity index (χ0) is 29.1. The highest BCUT2D eigenvalue weighted by atomic mass is 16.5. The van der Waals surface area contributed by atoms with E-state index in [-0.39, 0.29) is 6.61 Å². The molecular weight excluding hydrogens is 532 g/mol. The molecule has 6 rings (SSSR count). The number of para-hydroxylation sites is 2. The van der Waals surface area contributed by atoms with Crippen LogP contribution in [-0.2, 0) is 0 Å². The number of benzene rings is 2. The second kappa shape index (κ2) is 12.0. The predicted molar refractivity (Wildman–Crippen MR) is 163 cm³/mol. The van der Waals surface area contributed by atoms with Crippen molar-refractivity contribution in [1.29, 1.82) is 0 Å². The van der Waals surface area contributed by atoms with Gasteiger partial charge in [-0.05, 0) is 37.6 Å². The molecule has 0 atom stereocenters. The van der Waals surface area contributed by atoms with Crippen molar-refractivity contribution >= 4 is 40.1 Å². The van der Waals surface area contributed by atoms with Crippen molar-refractivity contribution in [3.63, 3.8) is 0 Å². The van der Waals surface area contributed by atoms with Crippen molar-refractivity contribution in [2.24, 2.45) is 0 Å². The van der Waals surface area contributed by atoms with E-state index in [4.69, 9.17) is 9.72 Å². The Labute approximate surface area is 244 Å². The number of aromatic nitrogens is 6. The number of hydrogen-bond donors (Lipinski definition) is 3. The number of hydrogen-bond acceptors (Lipinski definition) is 11. The van der Waals surface area contributed by atoms with Crippen molar-refractivity contribution in [2.45, 2.75) is 13.8 Å². The number of imidazole rings is 1. The van der Waals surface area contributed by atoms with Crippen molar-refractivity contribution in [2.75, 3.05) is 62.0 Å². The molecule has 1 aliphatic heterocycles. The van der Waals surface area contributed by atoms with Crippen molar-refractivity contribution in [1.82, 2.24) is 34.4 Å². The Bertz CT molecular complexity index is 1700. The molecule has 0 saturated carbocycles. The molecule has 0 unspecified atom stereocenters. The van der Waals surface area contributed by atoms with Crippen LogP contribution in [0.15, 0.2) is 60.9 Å². The summed E-state index contributed by atoms with van der Waals surface area (Å²) in [4.78, 5) is 27.8. The highest BCUT2D eigenvalue weighted by Crippen LogP contribution is 2.30. The molecule has 5 aromatic rings. The number of aliphatic hydroxyl groups excluding tert-OH is 1. The van der Waals surface area contributed by atoms with E-state index < -0.39 is 0 Å². The zero-order valence-corrected chi connectivity index (χ0v) is 23.9. The topological polar surface area (TPSA) is 129 Å². The second-order valence-electron chi connectivity index (χ2n) is 10.2. The zero-order valence-electron chi connectivity index (χ0n) is 23.9. The van der Waals surface area contributed by atoms with Crippen LogP contribution in [0.4, 0.5) is 29.1 Å². The monoisotopic (exact) mass is 566 g/mol. The number of aliphatic hydroxyl groups is 1. The Morgan fingerprint density at radius 1 is 0.857 bits per heavy atom. The van der Waals surface area contributed by atoms with E-state index in [1.165, 1.54) is 6.33 Å². The van der Waals surface area contributed by atoms with Gasteiger partial charge in [-0.25, -0.2) is 24.9 Å². The number of rotatable bonds is 9. The van der Waals surface area contributed by atoms with Crippen molar-refractivity contribution in [3.05, 3.63) is 72.3 Å². The number of nitrogens with one attached hydrogen (secondary N) is 2. The van der Waals surface area contributed by atoms with Gasteiger partial charge < -0.3 is 25.4 Å². The van der Waals surface area contributed by atoms with Crippen LogP contribution >= 0.6 is 0 Å². The molecule has 216 valence electrons. The first-order valence-electron chi connectivity index (χ1n) is 13.9. The lowest BCUT2D eigenvalue weighted by Gasteiger charge is -2.35. The Kier molecular flexibility index (Phi) is 7.80. The Balaban J connectivity index is 1.30. The second-order valence-corrected chi connectivity index (χ2v) is 10.2. The lowest BCUT2D eigenvalue weighted by molar-refractivity contribution is 0.188. The lowest BCUT2D eigenvalue weighted by atomic mass is 10.2. The number of β-amino-alcohol motifs (C(OH)–C–C–N with tert-alkyl or cyclic N) is 1. The van der Waals surface area contributed by atoms with Crippen LogP contribution in [0.3, 0.4) is 0 Å². The number of nitrogens with zero attached hydrogens (tertiary/aromatic N) is 8. The van der Waals surface area contributed by atoms with Gasteiger partial charge in [0.25, 0.3) is 0 Å². The molecule has 42 heavy (non-hydrogen) atoms. The third-order valence-electron chi connectivity index (χ3n) is 7.33. The van der Waals surface area contributed by atoms with Gasteiger partial charge in [0.05, 0.1) is 24.8 Å². The summed E-state index contributed by atoms with van der Waals surface area (Å²) in [5, 5.41) is 16.1. The number of ether oxygens (including phenoxy) is 1. The number of piperazine rings is 1. The van der Waals surface area contributed by atoms with Gasteiger partial charge in [0.2, 0.25) is 5.95 Å². The van der Waals surface area contributed by atoms with E-state index in [0.29, 0.717) is 35.8 Å². The lowest BCUT2D eigenvalue weighted by Crippen LogP contribution is -2.47. The molecule has 0 spiro atoms. The van der Waals surface area contributed by atoms with Crippen LogP contribution in [0.1, 0.15) is 11.4 Å². The summed E-state index contributed by atoms with van der Waals surface area (Å²) in [6.45, 7) is 8.23. The third kappa shape index (κ3) is 5.80. The number of fused-ring (bicyclic) bond motifs is 1. The molecule has 0 bridgehead atoms.